The first kappa shape index (κ1) is 8.11. The van der Waals surface area contributed by atoms with Crippen molar-refractivity contribution in [2.24, 2.45) is 0 Å². The molecule has 0 unspecified atom stereocenters. The number of aryl methyl sites for hydroxylation is 1. The smallest absolute Gasteiger partial charge is 0.0244 e. The Bertz CT molecular complexity index is 141. The second-order valence-electron chi connectivity index (χ2n) is 1.13. The van der Waals surface area contributed by atoms with Crippen molar-refractivity contribution in [3.8, 4) is 0 Å². The van der Waals surface area contributed by atoms with E-state index in [1.807, 2.05) is 0 Å². The molecule has 0 aliphatic heterocycles. The molecule has 1 radical (unpaired) electrons. The van der Waals surface area contributed by atoms with Crippen LogP contribution in [0.1, 0.15) is 5.82 Å². The van der Waals surface area contributed by atoms with Gasteiger partial charge in [0.25, 0.3) is 0 Å². The van der Waals surface area contributed by atoms with Gasteiger partial charge in [0.1, 0.15) is 0 Å². The van der Waals surface area contributed by atoms with Crippen LogP contribution in [0.25, 0.3) is 0 Å². The topological polar surface area (TPSA) is 38.7 Å². The van der Waals surface area contributed by atoms with Gasteiger partial charge in [-0.2, -0.15) is 0 Å². The fourth-order valence-corrected chi connectivity index (χ4v) is 0.268. The number of rotatable bonds is 0. The number of hydrogen-bond acceptors (Lipinski definition) is 3. The predicted octanol–water partition coefficient (Wildman–Crippen LogP) is -0.0223. The van der Waals surface area contributed by atoms with E-state index >= 15 is 0 Å². The zero-order chi connectivity index (χ0) is 5.11. The van der Waals surface area contributed by atoms with Crippen molar-refractivity contribution >= 4 is 0 Å². The Balaban J connectivity index is 0.000000490. The van der Waals surface area contributed by atoms with E-state index in [1.54, 1.807) is 6.92 Å². The molecule has 3 nitrogen and oxygen atoms in total. The first-order valence-corrected chi connectivity index (χ1v) is 1.91. The molecule has 0 N–H and O–H groups in total. The molecule has 0 amide bonds. The molecule has 1 aromatic rings. The van der Waals surface area contributed by atoms with Crippen LogP contribution in [0.4, 0.5) is 0 Å². The van der Waals surface area contributed by atoms with Crippen molar-refractivity contribution in [2.45, 2.75) is 6.92 Å². The van der Waals surface area contributed by atoms with E-state index in [-0.39, 0.29) is 32.7 Å². The van der Waals surface area contributed by atoms with Gasteiger partial charge >= 0.3 is 0 Å². The van der Waals surface area contributed by atoms with Crippen LogP contribution in [0.2, 0.25) is 0 Å². The molecular formula is C4H4N3Y-. The first-order chi connectivity index (χ1) is 3.39. The van der Waals surface area contributed by atoms with Gasteiger partial charge < -0.3 is 15.0 Å². The quantitative estimate of drug-likeness (QED) is 0.530. The van der Waals surface area contributed by atoms with Crippen LogP contribution < -0.4 is 0 Å². The molecule has 39 valence electrons. The monoisotopic (exact) mass is 183 g/mol. The van der Waals surface area contributed by atoms with E-state index in [9.17, 15) is 0 Å². The minimum absolute atomic E-state index is 0. The molecule has 1 rings (SSSR count). The van der Waals surface area contributed by atoms with E-state index in [2.05, 4.69) is 21.3 Å². The van der Waals surface area contributed by atoms with Gasteiger partial charge in [-0.1, -0.05) is 6.92 Å². The predicted molar refractivity (Wildman–Crippen MR) is 23.4 cm³/mol. The molecule has 0 aliphatic rings. The van der Waals surface area contributed by atoms with Crippen LogP contribution in [-0.4, -0.2) is 15.0 Å². The zero-order valence-electron chi connectivity index (χ0n) is 4.50. The molecule has 0 fully saturated rings. The number of aromatic nitrogens is 3. The second kappa shape index (κ2) is 4.04. The molecule has 0 saturated carbocycles. The molecule has 1 heterocycles. The largest absolute Gasteiger partial charge is 0.355 e. The summed E-state index contributed by atoms with van der Waals surface area (Å²) in [4.78, 5) is 10.9. The molecule has 4 heteroatoms. The summed E-state index contributed by atoms with van der Waals surface area (Å²) in [6, 6.07) is 0. The summed E-state index contributed by atoms with van der Waals surface area (Å²) in [6.07, 6.45) is 3.82. The fourth-order valence-electron chi connectivity index (χ4n) is 0.268. The Morgan fingerprint density at radius 3 is 2.62 bits per heavy atom. The third-order valence-corrected chi connectivity index (χ3v) is 0.572. The first-order valence-electron chi connectivity index (χ1n) is 1.91. The Kier molecular flexibility index (Phi) is 4.10. The summed E-state index contributed by atoms with van der Waals surface area (Å²) in [6.45, 7) is 1.79. The van der Waals surface area contributed by atoms with E-state index in [0.29, 0.717) is 5.82 Å². The maximum absolute atomic E-state index is 3.73. The van der Waals surface area contributed by atoms with Crippen LogP contribution in [-0.2, 0) is 32.7 Å². The number of nitrogens with zero attached hydrogens (tertiary/aromatic N) is 3. The Hall–Kier alpha value is 0.114. The van der Waals surface area contributed by atoms with Gasteiger partial charge in [-0.15, -0.1) is 0 Å². The minimum atomic E-state index is 0. The van der Waals surface area contributed by atoms with Gasteiger partial charge in [0.15, 0.2) is 0 Å². The Morgan fingerprint density at radius 2 is 2.38 bits per heavy atom. The molecule has 0 aromatic carbocycles. The zero-order valence-corrected chi connectivity index (χ0v) is 7.33. The average molecular weight is 183 g/mol. The molecule has 0 aliphatic carbocycles. The third kappa shape index (κ3) is 2.43. The van der Waals surface area contributed by atoms with Crippen molar-refractivity contribution < 1.29 is 32.7 Å². The van der Waals surface area contributed by atoms with Gasteiger partial charge in [-0.3, -0.25) is 0 Å². The average Bonchev–Trinajstić information content (AvgIpc) is 1.69. The van der Waals surface area contributed by atoms with Crippen LogP contribution in [0.5, 0.6) is 0 Å². The Morgan fingerprint density at radius 1 is 1.62 bits per heavy atom. The Labute approximate surface area is 72.8 Å². The van der Waals surface area contributed by atoms with Gasteiger partial charge in [-0.05, 0) is 0 Å². The summed E-state index contributed by atoms with van der Waals surface area (Å²) in [7, 11) is 0. The van der Waals surface area contributed by atoms with Crippen LogP contribution >= 0.6 is 0 Å². The van der Waals surface area contributed by atoms with Crippen molar-refractivity contribution in [3.63, 3.8) is 0 Å². The molecular weight excluding hydrogens is 179 g/mol. The third-order valence-electron chi connectivity index (χ3n) is 0.572. The van der Waals surface area contributed by atoms with Crippen molar-refractivity contribution in [3.05, 3.63) is 18.5 Å². The normalized spacial score (nSPS) is 7.62. The van der Waals surface area contributed by atoms with E-state index in [1.165, 1.54) is 6.33 Å². The van der Waals surface area contributed by atoms with Crippen LogP contribution in [0, 0.1) is 13.3 Å². The van der Waals surface area contributed by atoms with Crippen LogP contribution in [0.3, 0.4) is 0 Å². The van der Waals surface area contributed by atoms with E-state index in [4.69, 9.17) is 0 Å². The van der Waals surface area contributed by atoms with Gasteiger partial charge in [0.05, 0.1) is 0 Å². The van der Waals surface area contributed by atoms with Gasteiger partial charge in [0.2, 0.25) is 0 Å². The van der Waals surface area contributed by atoms with Crippen LogP contribution in [0.15, 0.2) is 6.33 Å². The number of hydrogen-bond donors (Lipinski definition) is 0. The molecule has 0 saturated heterocycles. The second-order valence-corrected chi connectivity index (χ2v) is 1.13. The summed E-state index contributed by atoms with van der Waals surface area (Å²) in [5.41, 5.74) is 0. The molecule has 0 bridgehead atoms. The van der Waals surface area contributed by atoms with E-state index < -0.39 is 0 Å². The maximum atomic E-state index is 3.73. The van der Waals surface area contributed by atoms with Crippen molar-refractivity contribution in [1.29, 1.82) is 0 Å². The minimum Gasteiger partial charge on any atom is -0.355 e. The molecule has 0 atom stereocenters. The van der Waals surface area contributed by atoms with Gasteiger partial charge in [-0.25, -0.2) is 0 Å². The fraction of sp³-hybridized carbons (Fsp3) is 0.250. The SMILES string of the molecule is Cc1n[c-]ncn1.[Y]. The van der Waals surface area contributed by atoms with Crippen molar-refractivity contribution in [1.82, 2.24) is 15.0 Å². The standard InChI is InChI=1S/C4H4N3.Y/c1-4-6-2-5-3-7-4;/h2H,1H3;/q-1;. The van der Waals surface area contributed by atoms with Gasteiger partial charge in [0, 0.05) is 51.2 Å². The maximum Gasteiger partial charge on any atom is 0.0244 e. The summed E-state index contributed by atoms with van der Waals surface area (Å²) < 4.78 is 0. The summed E-state index contributed by atoms with van der Waals surface area (Å²) in [5.74, 6) is 0.704. The molecule has 1 aromatic heterocycles. The molecule has 0 spiro atoms. The molecule has 8 heavy (non-hydrogen) atoms. The summed E-state index contributed by atoms with van der Waals surface area (Å²) >= 11 is 0. The summed E-state index contributed by atoms with van der Waals surface area (Å²) in [5, 5.41) is 0. The van der Waals surface area contributed by atoms with E-state index in [0.717, 1.165) is 0 Å². The van der Waals surface area contributed by atoms with Crippen molar-refractivity contribution in [2.75, 3.05) is 0 Å².